The maximum atomic E-state index is 10.9. The van der Waals surface area contributed by atoms with Crippen LogP contribution in [0.3, 0.4) is 0 Å². The summed E-state index contributed by atoms with van der Waals surface area (Å²) in [6.07, 6.45) is 0.858. The molecule has 0 spiro atoms. The van der Waals surface area contributed by atoms with E-state index in [0.29, 0.717) is 40.7 Å². The number of nitro benzene ring substituents is 1. The first-order valence-electron chi connectivity index (χ1n) is 8.10. The van der Waals surface area contributed by atoms with E-state index in [1.807, 2.05) is 6.92 Å². The van der Waals surface area contributed by atoms with Gasteiger partial charge in [0.15, 0.2) is 11.5 Å². The largest absolute Gasteiger partial charge is 0.493 e. The molecular weight excluding hydrogens is 338 g/mol. The third-order valence-corrected chi connectivity index (χ3v) is 3.86. The van der Waals surface area contributed by atoms with Crippen molar-refractivity contribution in [1.82, 2.24) is 9.97 Å². The summed E-state index contributed by atoms with van der Waals surface area (Å²) >= 11 is 0. The Morgan fingerprint density at radius 2 is 1.85 bits per heavy atom. The van der Waals surface area contributed by atoms with Crippen LogP contribution in [0.25, 0.3) is 22.4 Å². The molecule has 1 heterocycles. The molecule has 0 fully saturated rings. The van der Waals surface area contributed by atoms with Gasteiger partial charge in [-0.2, -0.15) is 0 Å². The van der Waals surface area contributed by atoms with Crippen LogP contribution in [-0.4, -0.2) is 35.7 Å². The summed E-state index contributed by atoms with van der Waals surface area (Å²) in [6, 6.07) is 8.08. The van der Waals surface area contributed by atoms with Gasteiger partial charge in [-0.1, -0.05) is 6.92 Å². The molecule has 0 bridgehead atoms. The molecule has 136 valence electrons. The molecule has 0 aliphatic rings. The van der Waals surface area contributed by atoms with Gasteiger partial charge in [0.25, 0.3) is 5.69 Å². The quantitative estimate of drug-likeness (QED) is 0.508. The van der Waals surface area contributed by atoms with Crippen LogP contribution in [0.15, 0.2) is 30.3 Å². The Bertz CT molecular complexity index is 926. The lowest BCUT2D eigenvalue weighted by atomic mass is 10.1. The molecule has 0 aliphatic heterocycles. The fourth-order valence-corrected chi connectivity index (χ4v) is 2.61. The molecule has 3 aromatic rings. The Morgan fingerprint density at radius 3 is 2.42 bits per heavy atom. The molecule has 0 amide bonds. The molecule has 0 unspecified atom stereocenters. The van der Waals surface area contributed by atoms with Crippen molar-refractivity contribution in [3.63, 3.8) is 0 Å². The van der Waals surface area contributed by atoms with Crippen molar-refractivity contribution in [2.24, 2.45) is 0 Å². The van der Waals surface area contributed by atoms with E-state index in [2.05, 4.69) is 9.97 Å². The van der Waals surface area contributed by atoms with Crippen LogP contribution >= 0.6 is 0 Å². The van der Waals surface area contributed by atoms with Crippen LogP contribution in [0.5, 0.6) is 17.2 Å². The van der Waals surface area contributed by atoms with Crippen molar-refractivity contribution in [3.8, 4) is 28.6 Å². The standard InChI is InChI=1S/C18H19N3O5/c1-4-7-26-17-15(24-2)8-11(9-16(17)25-3)18-19-13-6-5-12(21(22)23)10-14(13)20-18/h5-6,8-10H,4,7H2,1-3H3,(H,19,20). The first kappa shape index (κ1) is 17.5. The maximum Gasteiger partial charge on any atom is 0.271 e. The summed E-state index contributed by atoms with van der Waals surface area (Å²) in [6.45, 7) is 2.56. The minimum atomic E-state index is -0.439. The fourth-order valence-electron chi connectivity index (χ4n) is 2.61. The van der Waals surface area contributed by atoms with Crippen molar-refractivity contribution in [2.75, 3.05) is 20.8 Å². The molecular formula is C18H19N3O5. The number of benzene rings is 2. The highest BCUT2D eigenvalue weighted by Gasteiger charge is 2.17. The van der Waals surface area contributed by atoms with Gasteiger partial charge in [0.05, 0.1) is 36.8 Å². The zero-order valence-electron chi connectivity index (χ0n) is 14.7. The summed E-state index contributed by atoms with van der Waals surface area (Å²) in [4.78, 5) is 18.1. The molecule has 0 saturated carbocycles. The second-order valence-electron chi connectivity index (χ2n) is 5.60. The third-order valence-electron chi connectivity index (χ3n) is 3.86. The van der Waals surface area contributed by atoms with E-state index in [0.717, 1.165) is 12.0 Å². The summed E-state index contributed by atoms with van der Waals surface area (Å²) in [5.74, 6) is 2.14. The third kappa shape index (κ3) is 3.26. The predicted octanol–water partition coefficient (Wildman–Crippen LogP) is 3.94. The number of imidazole rings is 1. The van der Waals surface area contributed by atoms with Crippen LogP contribution in [0.4, 0.5) is 5.69 Å². The van der Waals surface area contributed by atoms with Gasteiger partial charge in [-0.25, -0.2) is 4.98 Å². The van der Waals surface area contributed by atoms with Gasteiger partial charge in [-0.15, -0.1) is 0 Å². The molecule has 0 aliphatic carbocycles. The number of aromatic nitrogens is 2. The molecule has 26 heavy (non-hydrogen) atoms. The smallest absolute Gasteiger partial charge is 0.271 e. The monoisotopic (exact) mass is 357 g/mol. The molecule has 0 saturated heterocycles. The van der Waals surface area contributed by atoms with Crippen molar-refractivity contribution in [1.29, 1.82) is 0 Å². The van der Waals surface area contributed by atoms with Crippen molar-refractivity contribution in [2.45, 2.75) is 13.3 Å². The molecule has 0 atom stereocenters. The van der Waals surface area contributed by atoms with Gasteiger partial charge in [-0.05, 0) is 24.6 Å². The Hall–Kier alpha value is -3.29. The average molecular weight is 357 g/mol. The van der Waals surface area contributed by atoms with Crippen molar-refractivity contribution >= 4 is 16.7 Å². The number of nitro groups is 1. The van der Waals surface area contributed by atoms with Crippen LogP contribution in [0.1, 0.15) is 13.3 Å². The van der Waals surface area contributed by atoms with Gasteiger partial charge in [0, 0.05) is 17.7 Å². The first-order chi connectivity index (χ1) is 12.6. The summed E-state index contributed by atoms with van der Waals surface area (Å²) in [7, 11) is 3.11. The topological polar surface area (TPSA) is 99.5 Å². The summed E-state index contributed by atoms with van der Waals surface area (Å²) < 4.78 is 16.6. The molecule has 1 N–H and O–H groups in total. The molecule has 0 radical (unpaired) electrons. The van der Waals surface area contributed by atoms with Gasteiger partial charge >= 0.3 is 0 Å². The minimum absolute atomic E-state index is 0.00572. The number of nitrogens with zero attached hydrogens (tertiary/aromatic N) is 2. The summed E-state index contributed by atoms with van der Waals surface area (Å²) in [5, 5.41) is 10.9. The molecule has 2 aromatic carbocycles. The van der Waals surface area contributed by atoms with E-state index in [9.17, 15) is 10.1 Å². The van der Waals surface area contributed by atoms with Crippen LogP contribution < -0.4 is 14.2 Å². The number of H-pyrrole nitrogens is 1. The second-order valence-corrected chi connectivity index (χ2v) is 5.60. The number of nitrogens with one attached hydrogen (secondary N) is 1. The Morgan fingerprint density at radius 1 is 1.15 bits per heavy atom. The first-order valence-corrected chi connectivity index (χ1v) is 8.10. The lowest BCUT2D eigenvalue weighted by Crippen LogP contribution is -2.01. The highest BCUT2D eigenvalue weighted by Crippen LogP contribution is 2.41. The number of rotatable bonds is 7. The number of methoxy groups -OCH3 is 2. The van der Waals surface area contributed by atoms with E-state index in [4.69, 9.17) is 14.2 Å². The molecule has 3 rings (SSSR count). The molecule has 1 aromatic heterocycles. The number of hydrogen-bond acceptors (Lipinski definition) is 6. The van der Waals surface area contributed by atoms with Crippen LogP contribution in [-0.2, 0) is 0 Å². The number of non-ortho nitro benzene ring substituents is 1. The van der Waals surface area contributed by atoms with Gasteiger partial charge < -0.3 is 19.2 Å². The summed E-state index contributed by atoms with van der Waals surface area (Å²) in [5.41, 5.74) is 1.95. The normalized spacial score (nSPS) is 10.7. The van der Waals surface area contributed by atoms with Crippen molar-refractivity contribution in [3.05, 3.63) is 40.4 Å². The highest BCUT2D eigenvalue weighted by atomic mass is 16.6. The Kier molecular flexibility index (Phi) is 4.92. The highest BCUT2D eigenvalue weighted by molar-refractivity contribution is 5.82. The van der Waals surface area contributed by atoms with E-state index in [-0.39, 0.29) is 5.69 Å². The Labute approximate surface area is 149 Å². The zero-order valence-corrected chi connectivity index (χ0v) is 14.7. The molecule has 8 nitrogen and oxygen atoms in total. The average Bonchev–Trinajstić information content (AvgIpc) is 3.08. The van der Waals surface area contributed by atoms with Crippen LogP contribution in [0.2, 0.25) is 0 Å². The number of hydrogen-bond donors (Lipinski definition) is 1. The van der Waals surface area contributed by atoms with E-state index in [1.54, 1.807) is 32.4 Å². The van der Waals surface area contributed by atoms with Crippen molar-refractivity contribution < 1.29 is 19.1 Å². The van der Waals surface area contributed by atoms with E-state index >= 15 is 0 Å². The minimum Gasteiger partial charge on any atom is -0.493 e. The van der Waals surface area contributed by atoms with Crippen LogP contribution in [0, 0.1) is 10.1 Å². The lowest BCUT2D eigenvalue weighted by molar-refractivity contribution is -0.384. The zero-order chi connectivity index (χ0) is 18.7. The lowest BCUT2D eigenvalue weighted by Gasteiger charge is -2.15. The maximum absolute atomic E-state index is 10.9. The number of fused-ring (bicyclic) bond motifs is 1. The molecule has 8 heteroatoms. The van der Waals surface area contributed by atoms with E-state index in [1.165, 1.54) is 12.1 Å². The predicted molar refractivity (Wildman–Crippen MR) is 97.1 cm³/mol. The fraction of sp³-hybridized carbons (Fsp3) is 0.278. The number of ether oxygens (including phenoxy) is 3. The Balaban J connectivity index is 2.08. The SMILES string of the molecule is CCCOc1c(OC)cc(-c2nc3ccc([N+](=O)[O-])cc3[nH]2)cc1OC. The van der Waals surface area contributed by atoms with Gasteiger partial charge in [0.1, 0.15) is 5.82 Å². The van der Waals surface area contributed by atoms with Gasteiger partial charge in [-0.3, -0.25) is 10.1 Å². The number of aromatic amines is 1. The van der Waals surface area contributed by atoms with Gasteiger partial charge in [0.2, 0.25) is 5.75 Å². The van der Waals surface area contributed by atoms with E-state index < -0.39 is 4.92 Å². The second kappa shape index (κ2) is 7.30.